The summed E-state index contributed by atoms with van der Waals surface area (Å²) in [7, 11) is 0. The first-order valence-corrected chi connectivity index (χ1v) is 5.16. The first kappa shape index (κ1) is 12.5. The number of thiocarbonyl (C=S) groups is 1. The smallest absolute Gasteiger partial charge is 0.253 e. The molecule has 1 rings (SSSR count). The minimum absolute atomic E-state index is 0.148. The van der Waals surface area contributed by atoms with Crippen molar-refractivity contribution < 1.29 is 9.18 Å². The van der Waals surface area contributed by atoms with Gasteiger partial charge in [0.2, 0.25) is 0 Å². The molecule has 1 amide bonds. The van der Waals surface area contributed by atoms with Crippen molar-refractivity contribution in [2.45, 2.75) is 19.4 Å². The Morgan fingerprint density at radius 2 is 2.38 bits per heavy atom. The van der Waals surface area contributed by atoms with Crippen molar-refractivity contribution >= 4 is 23.1 Å². The fourth-order valence-corrected chi connectivity index (χ4v) is 1.38. The van der Waals surface area contributed by atoms with Gasteiger partial charge in [-0.2, -0.15) is 0 Å². The van der Waals surface area contributed by atoms with Gasteiger partial charge in [-0.25, -0.2) is 4.39 Å². The van der Waals surface area contributed by atoms with Crippen LogP contribution in [0.1, 0.15) is 23.7 Å². The van der Waals surface area contributed by atoms with E-state index in [4.69, 9.17) is 18.0 Å². The van der Waals surface area contributed by atoms with Gasteiger partial charge in [0.1, 0.15) is 5.82 Å². The topological polar surface area (TPSA) is 68.0 Å². The number of hydrogen-bond acceptors (Lipinski definition) is 3. The number of pyridine rings is 1. The number of halogens is 1. The molecule has 1 aromatic rings. The predicted molar refractivity (Wildman–Crippen MR) is 62.5 cm³/mol. The van der Waals surface area contributed by atoms with Crippen LogP contribution in [0.15, 0.2) is 18.5 Å². The maximum absolute atomic E-state index is 12.8. The van der Waals surface area contributed by atoms with Crippen molar-refractivity contribution in [1.82, 2.24) is 10.3 Å². The summed E-state index contributed by atoms with van der Waals surface area (Å²) in [6.07, 6.45) is 2.90. The van der Waals surface area contributed by atoms with Crippen LogP contribution in [0, 0.1) is 5.82 Å². The SMILES string of the molecule is CCC(NC(=O)c1cncc(F)c1)C(N)=S. The summed E-state index contributed by atoms with van der Waals surface area (Å²) in [6, 6.07) is 0.722. The first-order valence-electron chi connectivity index (χ1n) is 4.75. The molecule has 1 aromatic heterocycles. The number of nitrogens with two attached hydrogens (primary N) is 1. The van der Waals surface area contributed by atoms with Crippen LogP contribution in [0.5, 0.6) is 0 Å². The van der Waals surface area contributed by atoms with Gasteiger partial charge >= 0.3 is 0 Å². The second-order valence-corrected chi connectivity index (χ2v) is 3.70. The summed E-state index contributed by atoms with van der Waals surface area (Å²) in [5.41, 5.74) is 5.58. The summed E-state index contributed by atoms with van der Waals surface area (Å²) in [5.74, 6) is -0.998. The van der Waals surface area contributed by atoms with Gasteiger partial charge < -0.3 is 11.1 Å². The van der Waals surface area contributed by atoms with Crippen molar-refractivity contribution in [3.63, 3.8) is 0 Å². The molecule has 0 spiro atoms. The average Bonchev–Trinajstić information content (AvgIpc) is 2.25. The molecule has 1 unspecified atom stereocenters. The summed E-state index contributed by atoms with van der Waals surface area (Å²) in [6.45, 7) is 1.84. The quantitative estimate of drug-likeness (QED) is 0.772. The standard InChI is InChI=1S/C10H12FN3OS/c1-2-8(9(12)16)14-10(15)6-3-7(11)5-13-4-6/h3-5,8H,2H2,1H3,(H2,12,16)(H,14,15). The number of hydrogen-bond donors (Lipinski definition) is 2. The Hall–Kier alpha value is -1.56. The van der Waals surface area contributed by atoms with Gasteiger partial charge in [-0.3, -0.25) is 9.78 Å². The van der Waals surface area contributed by atoms with Crippen LogP contribution in [-0.2, 0) is 0 Å². The number of aromatic nitrogens is 1. The fourth-order valence-electron chi connectivity index (χ4n) is 1.15. The Kier molecular flexibility index (Phi) is 4.30. The fraction of sp³-hybridized carbons (Fsp3) is 0.300. The van der Waals surface area contributed by atoms with Gasteiger partial charge in [0, 0.05) is 6.20 Å². The van der Waals surface area contributed by atoms with E-state index >= 15 is 0 Å². The van der Waals surface area contributed by atoms with E-state index in [0.29, 0.717) is 6.42 Å². The van der Waals surface area contributed by atoms with Crippen molar-refractivity contribution in [3.05, 3.63) is 29.8 Å². The normalized spacial score (nSPS) is 11.9. The largest absolute Gasteiger partial charge is 0.392 e. The Morgan fingerprint density at radius 1 is 1.69 bits per heavy atom. The van der Waals surface area contributed by atoms with Crippen LogP contribution >= 0.6 is 12.2 Å². The van der Waals surface area contributed by atoms with Crippen molar-refractivity contribution in [2.75, 3.05) is 0 Å². The molecule has 1 atom stereocenters. The molecule has 0 aliphatic carbocycles. The molecule has 0 aliphatic rings. The maximum Gasteiger partial charge on any atom is 0.253 e. The molecule has 6 heteroatoms. The zero-order chi connectivity index (χ0) is 12.1. The molecule has 0 bridgehead atoms. The van der Waals surface area contributed by atoms with E-state index < -0.39 is 11.7 Å². The summed E-state index contributed by atoms with van der Waals surface area (Å²) >= 11 is 4.78. The highest BCUT2D eigenvalue weighted by Crippen LogP contribution is 2.02. The summed E-state index contributed by atoms with van der Waals surface area (Å²) < 4.78 is 12.8. The Bertz CT molecular complexity index is 411. The van der Waals surface area contributed by atoms with Gasteiger partial charge in [-0.05, 0) is 12.5 Å². The third-order valence-corrected chi connectivity index (χ3v) is 2.31. The molecular formula is C10H12FN3OS. The predicted octanol–water partition coefficient (Wildman–Crippen LogP) is 1.02. The molecular weight excluding hydrogens is 229 g/mol. The van der Waals surface area contributed by atoms with Gasteiger partial charge in [0.25, 0.3) is 5.91 Å². The van der Waals surface area contributed by atoms with Crippen LogP contribution in [0.2, 0.25) is 0 Å². The number of nitrogens with one attached hydrogen (secondary N) is 1. The van der Waals surface area contributed by atoms with Crippen molar-refractivity contribution in [2.24, 2.45) is 5.73 Å². The third kappa shape index (κ3) is 3.23. The molecule has 0 saturated carbocycles. The summed E-state index contributed by atoms with van der Waals surface area (Å²) in [5, 5.41) is 2.60. The number of amides is 1. The zero-order valence-electron chi connectivity index (χ0n) is 8.74. The second-order valence-electron chi connectivity index (χ2n) is 3.23. The van der Waals surface area contributed by atoms with Crippen LogP contribution in [0.25, 0.3) is 0 Å². The van der Waals surface area contributed by atoms with Gasteiger partial charge in [-0.15, -0.1) is 0 Å². The lowest BCUT2D eigenvalue weighted by atomic mass is 10.2. The lowest BCUT2D eigenvalue weighted by molar-refractivity contribution is 0.0945. The third-order valence-electron chi connectivity index (χ3n) is 2.02. The zero-order valence-corrected chi connectivity index (χ0v) is 9.55. The van der Waals surface area contributed by atoms with Crippen LogP contribution in [0.3, 0.4) is 0 Å². The molecule has 0 aliphatic heterocycles. The second kappa shape index (κ2) is 5.50. The molecule has 1 heterocycles. The van der Waals surface area contributed by atoms with Gasteiger partial charge in [-0.1, -0.05) is 19.1 Å². The van der Waals surface area contributed by atoms with Crippen LogP contribution in [-0.4, -0.2) is 21.9 Å². The molecule has 4 nitrogen and oxygen atoms in total. The Labute approximate surface area is 98.1 Å². The Balaban J connectivity index is 2.75. The van der Waals surface area contributed by atoms with E-state index in [9.17, 15) is 9.18 Å². The van der Waals surface area contributed by atoms with Crippen molar-refractivity contribution in [1.29, 1.82) is 0 Å². The minimum atomic E-state index is -0.559. The van der Waals surface area contributed by atoms with E-state index in [1.54, 1.807) is 0 Å². The van der Waals surface area contributed by atoms with E-state index in [0.717, 1.165) is 12.3 Å². The molecule has 16 heavy (non-hydrogen) atoms. The summed E-state index contributed by atoms with van der Waals surface area (Å²) in [4.78, 5) is 15.4. The van der Waals surface area contributed by atoms with Gasteiger partial charge in [0.05, 0.1) is 22.8 Å². The first-order chi connectivity index (χ1) is 7.54. The molecule has 0 aromatic carbocycles. The lowest BCUT2D eigenvalue weighted by Gasteiger charge is -2.14. The van der Waals surface area contributed by atoms with E-state index in [1.807, 2.05) is 6.92 Å². The highest BCUT2D eigenvalue weighted by atomic mass is 32.1. The van der Waals surface area contributed by atoms with Crippen molar-refractivity contribution in [3.8, 4) is 0 Å². The maximum atomic E-state index is 12.8. The van der Waals surface area contributed by atoms with Gasteiger partial charge in [0.15, 0.2) is 0 Å². The van der Waals surface area contributed by atoms with Crippen LogP contribution < -0.4 is 11.1 Å². The average molecular weight is 241 g/mol. The molecule has 0 fully saturated rings. The molecule has 0 radical (unpaired) electrons. The molecule has 3 N–H and O–H groups in total. The Morgan fingerprint density at radius 3 is 2.88 bits per heavy atom. The molecule has 0 saturated heterocycles. The lowest BCUT2D eigenvalue weighted by Crippen LogP contribution is -2.43. The van der Waals surface area contributed by atoms with E-state index in [1.165, 1.54) is 6.20 Å². The highest BCUT2D eigenvalue weighted by Gasteiger charge is 2.14. The minimum Gasteiger partial charge on any atom is -0.392 e. The van der Waals surface area contributed by atoms with E-state index in [2.05, 4.69) is 10.3 Å². The highest BCUT2D eigenvalue weighted by molar-refractivity contribution is 7.80. The monoisotopic (exact) mass is 241 g/mol. The van der Waals surface area contributed by atoms with E-state index in [-0.39, 0.29) is 16.6 Å². The number of carbonyl (C=O) groups excluding carboxylic acids is 1. The van der Waals surface area contributed by atoms with Crippen LogP contribution in [0.4, 0.5) is 4.39 Å². The molecule has 86 valence electrons. The number of rotatable bonds is 4. The number of carbonyl (C=O) groups is 1. The number of nitrogens with zero attached hydrogens (tertiary/aromatic N) is 1.